The summed E-state index contributed by atoms with van der Waals surface area (Å²) >= 11 is 0. The molecule has 0 fully saturated rings. The largest absolute Gasteiger partial charge is 0.507 e. The molecule has 1 aromatic rings. The summed E-state index contributed by atoms with van der Waals surface area (Å²) in [6.07, 6.45) is 2.67. The van der Waals surface area contributed by atoms with E-state index in [2.05, 4.69) is 21.1 Å². The number of hydrogen-bond acceptors (Lipinski definition) is 5. The Morgan fingerprint density at radius 2 is 1.45 bits per heavy atom. The topological polar surface area (TPSA) is 103 Å². The molecule has 106 valence electrons. The highest BCUT2D eigenvalue weighted by Crippen LogP contribution is 2.21. The molecule has 1 rings (SSSR count). The second kappa shape index (κ2) is 7.03. The van der Waals surface area contributed by atoms with Gasteiger partial charge >= 0.3 is 0 Å². The molecule has 1 aromatic carbocycles. The van der Waals surface area contributed by atoms with Crippen molar-refractivity contribution in [2.45, 2.75) is 20.8 Å². The zero-order valence-electron chi connectivity index (χ0n) is 11.5. The standard InChI is InChI=1S/C13H16N4O3/c1-8-4-11(6-14-16-9(2)18)13(20)12(5-8)7-15-17-10(3)19/h4-7,20H,1-3H3,(H,16,18)(H,17,19). The fourth-order valence-electron chi connectivity index (χ4n) is 1.42. The van der Waals surface area contributed by atoms with Gasteiger partial charge in [0.2, 0.25) is 11.8 Å². The molecule has 0 heterocycles. The van der Waals surface area contributed by atoms with E-state index in [1.807, 2.05) is 6.92 Å². The first-order valence-corrected chi connectivity index (χ1v) is 5.83. The smallest absolute Gasteiger partial charge is 0.236 e. The van der Waals surface area contributed by atoms with E-state index in [0.717, 1.165) is 5.56 Å². The zero-order chi connectivity index (χ0) is 15.1. The number of carbonyl (C=O) groups is 2. The summed E-state index contributed by atoms with van der Waals surface area (Å²) in [4.78, 5) is 21.4. The lowest BCUT2D eigenvalue weighted by molar-refractivity contribution is -0.119. The van der Waals surface area contributed by atoms with E-state index in [-0.39, 0.29) is 17.6 Å². The third kappa shape index (κ3) is 4.89. The molecule has 0 aromatic heterocycles. The number of rotatable bonds is 4. The maximum atomic E-state index is 10.7. The number of hydrazone groups is 2. The molecule has 0 unspecified atom stereocenters. The van der Waals surface area contributed by atoms with Gasteiger partial charge in [-0.25, -0.2) is 10.9 Å². The van der Waals surface area contributed by atoms with Gasteiger partial charge in [0, 0.05) is 25.0 Å². The highest BCUT2D eigenvalue weighted by molar-refractivity contribution is 5.93. The summed E-state index contributed by atoms with van der Waals surface area (Å²) in [7, 11) is 0. The Balaban J connectivity index is 3.00. The van der Waals surface area contributed by atoms with Gasteiger partial charge in [0.05, 0.1) is 12.4 Å². The summed E-state index contributed by atoms with van der Waals surface area (Å²) in [6, 6.07) is 3.41. The number of benzene rings is 1. The monoisotopic (exact) mass is 276 g/mol. The number of phenols is 1. The fourth-order valence-corrected chi connectivity index (χ4v) is 1.42. The van der Waals surface area contributed by atoms with Gasteiger partial charge in [0.1, 0.15) is 5.75 Å². The molecule has 0 saturated carbocycles. The second-order valence-electron chi connectivity index (χ2n) is 4.14. The third-order valence-electron chi connectivity index (χ3n) is 2.16. The molecule has 20 heavy (non-hydrogen) atoms. The molecule has 0 aliphatic rings. The van der Waals surface area contributed by atoms with Crippen LogP contribution in [-0.2, 0) is 9.59 Å². The van der Waals surface area contributed by atoms with E-state index in [1.54, 1.807) is 12.1 Å². The average molecular weight is 276 g/mol. The van der Waals surface area contributed by atoms with Crippen LogP contribution in [0.25, 0.3) is 0 Å². The summed E-state index contributed by atoms with van der Waals surface area (Å²) in [5.74, 6) is -0.652. The Morgan fingerprint density at radius 3 is 1.80 bits per heavy atom. The van der Waals surface area contributed by atoms with Gasteiger partial charge in [-0.2, -0.15) is 10.2 Å². The molecule has 3 N–H and O–H groups in total. The molecular weight excluding hydrogens is 260 g/mol. The van der Waals surface area contributed by atoms with Gasteiger partial charge in [-0.15, -0.1) is 0 Å². The van der Waals surface area contributed by atoms with E-state index < -0.39 is 0 Å². The van der Waals surface area contributed by atoms with Gasteiger partial charge in [-0.05, 0) is 24.6 Å². The van der Waals surface area contributed by atoms with Crippen LogP contribution >= 0.6 is 0 Å². The molecule has 0 saturated heterocycles. The number of carbonyl (C=O) groups excluding carboxylic acids is 2. The van der Waals surface area contributed by atoms with Crippen LogP contribution in [0.5, 0.6) is 5.75 Å². The molecule has 0 aliphatic carbocycles. The van der Waals surface area contributed by atoms with Crippen molar-refractivity contribution >= 4 is 24.2 Å². The lowest BCUT2D eigenvalue weighted by Crippen LogP contribution is -2.13. The minimum atomic E-state index is -0.305. The van der Waals surface area contributed by atoms with Crippen molar-refractivity contribution in [2.24, 2.45) is 10.2 Å². The number of amides is 2. The first-order chi connectivity index (χ1) is 9.40. The van der Waals surface area contributed by atoms with Gasteiger partial charge in [-0.3, -0.25) is 9.59 Å². The quantitative estimate of drug-likeness (QED) is 0.555. The first-order valence-electron chi connectivity index (χ1n) is 5.83. The normalized spacial score (nSPS) is 10.9. The number of nitrogens with one attached hydrogen (secondary N) is 2. The van der Waals surface area contributed by atoms with Crippen molar-refractivity contribution in [1.82, 2.24) is 10.9 Å². The maximum absolute atomic E-state index is 10.7. The molecular formula is C13H16N4O3. The number of phenolic OH excluding ortho intramolecular Hbond substituents is 1. The minimum absolute atomic E-state index is 0.0428. The van der Waals surface area contributed by atoms with Gasteiger partial charge in [-0.1, -0.05) is 0 Å². The molecule has 0 radical (unpaired) electrons. The molecule has 0 atom stereocenters. The summed E-state index contributed by atoms with van der Waals surface area (Å²) in [6.45, 7) is 4.50. The molecule has 2 amide bonds. The second-order valence-corrected chi connectivity index (χ2v) is 4.14. The minimum Gasteiger partial charge on any atom is -0.507 e. The van der Waals surface area contributed by atoms with E-state index >= 15 is 0 Å². The molecule has 0 aliphatic heterocycles. The highest BCUT2D eigenvalue weighted by Gasteiger charge is 2.05. The van der Waals surface area contributed by atoms with Crippen LogP contribution in [-0.4, -0.2) is 29.4 Å². The van der Waals surface area contributed by atoms with Crippen LogP contribution in [0.3, 0.4) is 0 Å². The number of aryl methyl sites for hydroxylation is 1. The zero-order valence-corrected chi connectivity index (χ0v) is 11.5. The molecule has 7 heteroatoms. The molecule has 7 nitrogen and oxygen atoms in total. The van der Waals surface area contributed by atoms with Crippen molar-refractivity contribution in [2.75, 3.05) is 0 Å². The summed E-state index contributed by atoms with van der Waals surface area (Å²) < 4.78 is 0. The molecule has 0 bridgehead atoms. The third-order valence-corrected chi connectivity index (χ3v) is 2.16. The van der Waals surface area contributed by atoms with Crippen LogP contribution in [0, 0.1) is 6.92 Å². The Hall–Kier alpha value is -2.70. The highest BCUT2D eigenvalue weighted by atomic mass is 16.3. The van der Waals surface area contributed by atoms with Crippen LogP contribution in [0.15, 0.2) is 22.3 Å². The summed E-state index contributed by atoms with van der Waals surface area (Å²) in [5, 5.41) is 17.4. The Morgan fingerprint density at radius 1 is 1.05 bits per heavy atom. The van der Waals surface area contributed by atoms with E-state index in [4.69, 9.17) is 0 Å². The number of hydrogen-bond donors (Lipinski definition) is 3. The predicted octanol–water partition coefficient (Wildman–Crippen LogP) is 0.641. The SMILES string of the molecule is CC(=O)NN=Cc1cc(C)cc(C=NNC(C)=O)c1O. The lowest BCUT2D eigenvalue weighted by Gasteiger charge is -2.05. The Kier molecular flexibility index (Phi) is 5.40. The number of nitrogens with zero attached hydrogens (tertiary/aromatic N) is 2. The number of aromatic hydroxyl groups is 1. The molecule has 0 spiro atoms. The van der Waals surface area contributed by atoms with E-state index in [0.29, 0.717) is 11.1 Å². The average Bonchev–Trinajstić information content (AvgIpc) is 2.33. The van der Waals surface area contributed by atoms with Crippen LogP contribution in [0.4, 0.5) is 0 Å². The fraction of sp³-hybridized carbons (Fsp3) is 0.231. The first kappa shape index (κ1) is 15.4. The lowest BCUT2D eigenvalue weighted by atomic mass is 10.1. The van der Waals surface area contributed by atoms with Crippen LogP contribution in [0.1, 0.15) is 30.5 Å². The maximum Gasteiger partial charge on any atom is 0.236 e. The van der Waals surface area contributed by atoms with Crippen molar-refractivity contribution in [1.29, 1.82) is 0 Å². The Bertz CT molecular complexity index is 532. The Labute approximate surface area is 116 Å². The van der Waals surface area contributed by atoms with Crippen molar-refractivity contribution in [3.8, 4) is 5.75 Å². The van der Waals surface area contributed by atoms with E-state index in [1.165, 1.54) is 26.3 Å². The van der Waals surface area contributed by atoms with Gasteiger partial charge < -0.3 is 5.11 Å². The van der Waals surface area contributed by atoms with Crippen LogP contribution < -0.4 is 10.9 Å². The summed E-state index contributed by atoms with van der Waals surface area (Å²) in [5.41, 5.74) is 6.23. The van der Waals surface area contributed by atoms with Crippen molar-refractivity contribution in [3.63, 3.8) is 0 Å². The van der Waals surface area contributed by atoms with Crippen LogP contribution in [0.2, 0.25) is 0 Å². The van der Waals surface area contributed by atoms with Gasteiger partial charge in [0.15, 0.2) is 0 Å². The predicted molar refractivity (Wildman–Crippen MR) is 75.7 cm³/mol. The van der Waals surface area contributed by atoms with Crippen molar-refractivity contribution in [3.05, 3.63) is 28.8 Å². The van der Waals surface area contributed by atoms with Gasteiger partial charge in [0.25, 0.3) is 0 Å². The van der Waals surface area contributed by atoms with Crippen molar-refractivity contribution < 1.29 is 14.7 Å². The van der Waals surface area contributed by atoms with E-state index in [9.17, 15) is 14.7 Å².